The van der Waals surface area contributed by atoms with Crippen molar-refractivity contribution in [2.24, 2.45) is 0 Å². The number of carbonyl (C=O) groups excluding carboxylic acids is 1. The first-order chi connectivity index (χ1) is 11.9. The average Bonchev–Trinajstić information content (AvgIpc) is 2.59. The third-order valence-corrected chi connectivity index (χ3v) is 3.82. The van der Waals surface area contributed by atoms with Gasteiger partial charge in [0.2, 0.25) is 0 Å². The van der Waals surface area contributed by atoms with Crippen LogP contribution >= 0.6 is 0 Å². The number of hydrogen-bond donors (Lipinski definition) is 0. The molecule has 3 heteroatoms. The zero-order chi connectivity index (χ0) is 18.0. The van der Waals surface area contributed by atoms with Gasteiger partial charge >= 0.3 is 5.97 Å². The summed E-state index contributed by atoms with van der Waals surface area (Å²) in [6.07, 6.45) is 0. The van der Waals surface area contributed by atoms with Gasteiger partial charge in [0.1, 0.15) is 18.1 Å². The second kappa shape index (κ2) is 6.81. The molecule has 25 heavy (non-hydrogen) atoms. The fraction of sp³-hybridized carbons (Fsp3) is 0.136. The predicted molar refractivity (Wildman–Crippen MR) is 102 cm³/mol. The number of ether oxygens (including phenoxy) is 2. The maximum absolute atomic E-state index is 11.7. The Balaban J connectivity index is 1.96. The maximum atomic E-state index is 11.7. The van der Waals surface area contributed by atoms with E-state index in [1.54, 1.807) is 13.0 Å². The molecule has 0 spiro atoms. The van der Waals surface area contributed by atoms with Crippen LogP contribution in [0.3, 0.4) is 0 Å². The highest BCUT2D eigenvalue weighted by molar-refractivity contribution is 6.08. The van der Waals surface area contributed by atoms with E-state index in [-0.39, 0.29) is 0 Å². The number of rotatable bonds is 5. The highest BCUT2D eigenvalue weighted by Crippen LogP contribution is 2.30. The van der Waals surface area contributed by atoms with Gasteiger partial charge in [0.05, 0.1) is 0 Å². The Hall–Kier alpha value is -3.07. The second-order valence-electron chi connectivity index (χ2n) is 6.25. The Kier molecular flexibility index (Phi) is 4.57. The monoisotopic (exact) mass is 332 g/mol. The summed E-state index contributed by atoms with van der Waals surface area (Å²) in [4.78, 5) is 11.7. The topological polar surface area (TPSA) is 35.5 Å². The summed E-state index contributed by atoms with van der Waals surface area (Å²) in [5.74, 6) is 0.919. The highest BCUT2D eigenvalue weighted by atomic mass is 16.5. The van der Waals surface area contributed by atoms with Gasteiger partial charge in [-0.2, -0.15) is 0 Å². The Morgan fingerprint density at radius 3 is 2.00 bits per heavy atom. The van der Waals surface area contributed by atoms with Crippen LogP contribution in [0.2, 0.25) is 0 Å². The SMILES string of the molecule is C=C(C)COc1ccc2c(ccc3cc(OC(=O)C(=C)C)ccc32)c1. The lowest BCUT2D eigenvalue weighted by atomic mass is 10.0. The van der Waals surface area contributed by atoms with E-state index in [1.807, 2.05) is 49.4 Å². The van der Waals surface area contributed by atoms with Crippen molar-refractivity contribution in [1.82, 2.24) is 0 Å². The van der Waals surface area contributed by atoms with Gasteiger partial charge in [-0.15, -0.1) is 0 Å². The van der Waals surface area contributed by atoms with E-state index in [1.165, 1.54) is 0 Å². The molecule has 0 aliphatic carbocycles. The summed E-state index contributed by atoms with van der Waals surface area (Å²) in [5.41, 5.74) is 1.36. The number of esters is 1. The van der Waals surface area contributed by atoms with Crippen molar-refractivity contribution in [3.8, 4) is 11.5 Å². The van der Waals surface area contributed by atoms with E-state index in [4.69, 9.17) is 9.47 Å². The zero-order valence-electron chi connectivity index (χ0n) is 14.5. The molecule has 0 aliphatic heterocycles. The Bertz CT molecular complexity index is 999. The highest BCUT2D eigenvalue weighted by Gasteiger charge is 2.08. The fourth-order valence-electron chi connectivity index (χ4n) is 2.58. The predicted octanol–water partition coefficient (Wildman–Crippen LogP) is 5.43. The molecule has 0 aliphatic rings. The number of carbonyl (C=O) groups is 1. The normalized spacial score (nSPS) is 10.6. The van der Waals surface area contributed by atoms with Crippen LogP contribution in [-0.4, -0.2) is 12.6 Å². The molecule has 3 aromatic rings. The molecular formula is C22H20O3. The van der Waals surface area contributed by atoms with E-state index in [0.717, 1.165) is 32.9 Å². The van der Waals surface area contributed by atoms with Crippen molar-refractivity contribution in [3.05, 3.63) is 72.8 Å². The van der Waals surface area contributed by atoms with Gasteiger partial charge in [-0.25, -0.2) is 4.79 Å². The van der Waals surface area contributed by atoms with Crippen LogP contribution in [0.25, 0.3) is 21.5 Å². The lowest BCUT2D eigenvalue weighted by molar-refractivity contribution is -0.130. The molecule has 0 radical (unpaired) electrons. The molecule has 3 rings (SSSR count). The largest absolute Gasteiger partial charge is 0.489 e. The smallest absolute Gasteiger partial charge is 0.338 e. The lowest BCUT2D eigenvalue weighted by Crippen LogP contribution is -2.07. The molecule has 126 valence electrons. The number of benzene rings is 3. The average molecular weight is 332 g/mol. The van der Waals surface area contributed by atoms with Crippen molar-refractivity contribution in [3.63, 3.8) is 0 Å². The third-order valence-electron chi connectivity index (χ3n) is 3.82. The van der Waals surface area contributed by atoms with Crippen LogP contribution in [0, 0.1) is 0 Å². The molecule has 0 saturated carbocycles. The van der Waals surface area contributed by atoms with E-state index < -0.39 is 5.97 Å². The van der Waals surface area contributed by atoms with Crippen LogP contribution in [0.15, 0.2) is 72.8 Å². The summed E-state index contributed by atoms with van der Waals surface area (Å²) < 4.78 is 11.0. The van der Waals surface area contributed by atoms with E-state index >= 15 is 0 Å². The van der Waals surface area contributed by atoms with Gasteiger partial charge in [0.15, 0.2) is 0 Å². The Labute approximate surface area is 147 Å². The first kappa shape index (κ1) is 16.8. The molecule has 0 fully saturated rings. The lowest BCUT2D eigenvalue weighted by Gasteiger charge is -2.10. The molecule has 0 saturated heterocycles. The van der Waals surface area contributed by atoms with Gasteiger partial charge < -0.3 is 9.47 Å². The van der Waals surface area contributed by atoms with Crippen molar-refractivity contribution in [2.75, 3.05) is 6.61 Å². The Morgan fingerprint density at radius 2 is 1.44 bits per heavy atom. The molecule has 0 amide bonds. The molecule has 0 heterocycles. The molecular weight excluding hydrogens is 312 g/mol. The van der Waals surface area contributed by atoms with E-state index in [2.05, 4.69) is 13.2 Å². The summed E-state index contributed by atoms with van der Waals surface area (Å²) in [7, 11) is 0. The summed E-state index contributed by atoms with van der Waals surface area (Å²) in [6.45, 7) is 11.5. The van der Waals surface area contributed by atoms with Crippen LogP contribution < -0.4 is 9.47 Å². The van der Waals surface area contributed by atoms with Crippen LogP contribution in [0.1, 0.15) is 13.8 Å². The van der Waals surface area contributed by atoms with E-state index in [9.17, 15) is 4.79 Å². The van der Waals surface area contributed by atoms with Crippen LogP contribution in [0.5, 0.6) is 11.5 Å². The van der Waals surface area contributed by atoms with Gasteiger partial charge in [-0.3, -0.25) is 0 Å². The van der Waals surface area contributed by atoms with Gasteiger partial charge in [-0.05, 0) is 65.2 Å². The van der Waals surface area contributed by atoms with Crippen molar-refractivity contribution < 1.29 is 14.3 Å². The first-order valence-electron chi connectivity index (χ1n) is 8.05. The summed E-state index contributed by atoms with van der Waals surface area (Å²) >= 11 is 0. The molecule has 0 aromatic heterocycles. The molecule has 3 aromatic carbocycles. The molecule has 0 N–H and O–H groups in total. The number of hydrogen-bond acceptors (Lipinski definition) is 3. The quantitative estimate of drug-likeness (QED) is 0.205. The minimum absolute atomic E-state index is 0.376. The van der Waals surface area contributed by atoms with Gasteiger partial charge in [0, 0.05) is 5.57 Å². The summed E-state index contributed by atoms with van der Waals surface area (Å²) in [6, 6.07) is 15.7. The van der Waals surface area contributed by atoms with Crippen molar-refractivity contribution >= 4 is 27.5 Å². The minimum Gasteiger partial charge on any atom is -0.489 e. The molecule has 0 atom stereocenters. The van der Waals surface area contributed by atoms with Gasteiger partial charge in [-0.1, -0.05) is 37.4 Å². The standard InChI is InChI=1S/C22H20O3/c1-14(2)13-24-18-7-9-20-16(11-18)5-6-17-12-19(8-10-21(17)20)25-22(23)15(3)4/h5-12H,1,3,13H2,2,4H3. The molecule has 0 bridgehead atoms. The summed E-state index contributed by atoms with van der Waals surface area (Å²) in [5, 5.41) is 4.32. The van der Waals surface area contributed by atoms with Crippen molar-refractivity contribution in [2.45, 2.75) is 13.8 Å². The minimum atomic E-state index is -0.417. The molecule has 3 nitrogen and oxygen atoms in total. The van der Waals surface area contributed by atoms with Crippen LogP contribution in [-0.2, 0) is 4.79 Å². The van der Waals surface area contributed by atoms with E-state index in [0.29, 0.717) is 17.9 Å². The third kappa shape index (κ3) is 3.72. The van der Waals surface area contributed by atoms with Gasteiger partial charge in [0.25, 0.3) is 0 Å². The number of fused-ring (bicyclic) bond motifs is 3. The maximum Gasteiger partial charge on any atom is 0.338 e. The zero-order valence-corrected chi connectivity index (χ0v) is 14.5. The molecule has 0 unspecified atom stereocenters. The first-order valence-corrected chi connectivity index (χ1v) is 8.05. The van der Waals surface area contributed by atoms with Crippen LogP contribution in [0.4, 0.5) is 0 Å². The second-order valence-corrected chi connectivity index (χ2v) is 6.25. The van der Waals surface area contributed by atoms with Crippen molar-refractivity contribution in [1.29, 1.82) is 0 Å². The fourth-order valence-corrected chi connectivity index (χ4v) is 2.58. The Morgan fingerprint density at radius 1 is 0.880 bits per heavy atom.